The Hall–Kier alpha value is -5.43. The molecule has 4 atom stereocenters. The molecule has 2 aliphatic heterocycles. The van der Waals surface area contributed by atoms with E-state index in [1.807, 2.05) is 48.5 Å². The van der Waals surface area contributed by atoms with Crippen LogP contribution in [0.3, 0.4) is 0 Å². The number of aromatic nitrogens is 1. The maximum atomic E-state index is 14.5. The molecule has 3 aliphatic rings. The molecule has 0 bridgehead atoms. The Morgan fingerprint density at radius 3 is 2.20 bits per heavy atom. The first-order valence-electron chi connectivity index (χ1n) is 20.3. The highest BCUT2D eigenvalue weighted by molar-refractivity contribution is 6.99. The molecule has 11 heteroatoms. The fourth-order valence-corrected chi connectivity index (χ4v) is 14.1. The molecule has 2 saturated heterocycles. The van der Waals surface area contributed by atoms with Gasteiger partial charge in [0.15, 0.2) is 0 Å². The maximum absolute atomic E-state index is 14.5. The molecule has 300 valence electrons. The predicted octanol–water partition coefficient (Wildman–Crippen LogP) is 5.89. The molecule has 9 nitrogen and oxygen atoms in total. The van der Waals surface area contributed by atoms with Crippen molar-refractivity contribution in [3.05, 3.63) is 156 Å². The summed E-state index contributed by atoms with van der Waals surface area (Å²) < 4.78 is 14.2. The highest BCUT2D eigenvalue weighted by Gasteiger charge is 2.58. The molecule has 4 aromatic carbocycles. The van der Waals surface area contributed by atoms with E-state index in [0.717, 1.165) is 38.4 Å². The van der Waals surface area contributed by atoms with Gasteiger partial charge in [-0.25, -0.2) is 0 Å². The van der Waals surface area contributed by atoms with Crippen LogP contribution in [-0.4, -0.2) is 66.7 Å². The molecular formula is C48H49BN2O7Si. The van der Waals surface area contributed by atoms with Crippen molar-refractivity contribution in [2.24, 2.45) is 17.8 Å². The average Bonchev–Trinajstić information content (AvgIpc) is 3.77. The van der Waals surface area contributed by atoms with Crippen LogP contribution < -0.4 is 20.7 Å². The lowest BCUT2D eigenvalue weighted by Gasteiger charge is -2.44. The van der Waals surface area contributed by atoms with Crippen LogP contribution in [0.25, 0.3) is 11.6 Å². The fraction of sp³-hybridized carbons (Fsp3) is 0.271. The average molecular weight is 805 g/mol. The number of benzene rings is 4. The molecule has 0 unspecified atom stereocenters. The van der Waals surface area contributed by atoms with E-state index in [1.165, 1.54) is 11.0 Å². The van der Waals surface area contributed by atoms with Gasteiger partial charge >= 0.3 is 7.12 Å². The van der Waals surface area contributed by atoms with E-state index in [0.29, 0.717) is 24.9 Å². The van der Waals surface area contributed by atoms with Crippen LogP contribution in [0.5, 0.6) is 5.75 Å². The zero-order valence-electron chi connectivity index (χ0n) is 33.6. The second kappa shape index (κ2) is 16.7. The maximum Gasteiger partial charge on any atom is 0.488 e. The van der Waals surface area contributed by atoms with Crippen molar-refractivity contribution in [2.45, 2.75) is 51.2 Å². The lowest BCUT2D eigenvalue weighted by Crippen LogP contribution is -2.66. The summed E-state index contributed by atoms with van der Waals surface area (Å²) in [5.74, 6) is -2.05. The number of nitrogens with zero attached hydrogens (tertiary/aromatic N) is 2. The van der Waals surface area contributed by atoms with Crippen LogP contribution in [0.1, 0.15) is 51.3 Å². The summed E-state index contributed by atoms with van der Waals surface area (Å²) in [5.41, 5.74) is 5.19. The number of imide groups is 1. The van der Waals surface area contributed by atoms with Crippen LogP contribution >= 0.6 is 0 Å². The van der Waals surface area contributed by atoms with Gasteiger partial charge in [0, 0.05) is 12.1 Å². The third kappa shape index (κ3) is 7.77. The van der Waals surface area contributed by atoms with Crippen molar-refractivity contribution >= 4 is 60.4 Å². The summed E-state index contributed by atoms with van der Waals surface area (Å²) in [6.45, 7) is 7.27. The van der Waals surface area contributed by atoms with Gasteiger partial charge in [0.05, 0.1) is 42.5 Å². The molecule has 0 saturated carbocycles. The number of ether oxygens (including phenoxy) is 1. The molecule has 5 aromatic rings. The van der Waals surface area contributed by atoms with Crippen LogP contribution in [0.4, 0.5) is 5.69 Å². The summed E-state index contributed by atoms with van der Waals surface area (Å²) >= 11 is 0. The Bertz CT molecular complexity index is 2340. The number of carbonyl (C=O) groups excluding carboxylic acids is 2. The van der Waals surface area contributed by atoms with E-state index in [2.05, 4.69) is 74.3 Å². The molecule has 0 radical (unpaired) electrons. The number of fused-ring (bicyclic) bond motifs is 3. The number of hydrogen-bond acceptors (Lipinski definition) is 8. The topological polar surface area (TPSA) is 129 Å². The summed E-state index contributed by atoms with van der Waals surface area (Å²) in [5, 5.41) is 32.1. The zero-order chi connectivity index (χ0) is 41.3. The van der Waals surface area contributed by atoms with Gasteiger partial charge in [-0.3, -0.25) is 19.5 Å². The summed E-state index contributed by atoms with van der Waals surface area (Å²) in [4.78, 5) is 34.9. The Kier molecular flexibility index (Phi) is 11.4. The lowest BCUT2D eigenvalue weighted by molar-refractivity contribution is -0.122. The van der Waals surface area contributed by atoms with Crippen LogP contribution in [0, 0.1) is 17.8 Å². The zero-order valence-corrected chi connectivity index (χ0v) is 34.6. The molecule has 2 amide bonds. The Morgan fingerprint density at radius 2 is 1.56 bits per heavy atom. The molecule has 0 spiro atoms. The fourth-order valence-electron chi connectivity index (χ4n) is 9.57. The van der Waals surface area contributed by atoms with Gasteiger partial charge in [0.2, 0.25) is 11.8 Å². The monoisotopic (exact) mass is 804 g/mol. The number of phenolic OH excluding ortho intramolecular Hbond substituents is 1. The number of aromatic hydroxyl groups is 1. The quantitative estimate of drug-likeness (QED) is 0.0811. The minimum atomic E-state index is -3.00. The Balaban J connectivity index is 1.20. The molecule has 59 heavy (non-hydrogen) atoms. The largest absolute Gasteiger partial charge is 0.508 e. The molecular weight excluding hydrogens is 755 g/mol. The summed E-state index contributed by atoms with van der Waals surface area (Å²) in [7, 11) is -4.74. The van der Waals surface area contributed by atoms with Crippen molar-refractivity contribution in [1.82, 2.24) is 4.98 Å². The Morgan fingerprint density at radius 1 is 0.864 bits per heavy atom. The predicted molar refractivity (Wildman–Crippen MR) is 234 cm³/mol. The Labute approximate surface area is 347 Å². The third-order valence-corrected chi connectivity index (χ3v) is 17.2. The van der Waals surface area contributed by atoms with Gasteiger partial charge < -0.3 is 24.3 Å². The van der Waals surface area contributed by atoms with Crippen LogP contribution in [-0.2, 0) is 18.8 Å². The van der Waals surface area contributed by atoms with Crippen molar-refractivity contribution in [1.29, 1.82) is 0 Å². The van der Waals surface area contributed by atoms with E-state index in [-0.39, 0.29) is 53.3 Å². The number of phenols is 1. The third-order valence-electron chi connectivity index (χ3n) is 12.2. The van der Waals surface area contributed by atoms with Gasteiger partial charge in [-0.05, 0) is 105 Å². The molecule has 3 N–H and O–H groups in total. The van der Waals surface area contributed by atoms with Gasteiger partial charge in [-0.15, -0.1) is 0 Å². The summed E-state index contributed by atoms with van der Waals surface area (Å²) in [6.07, 6.45) is 4.99. The SMILES string of the molecule is CC(C)(C)[Si](OCC1=C2[C@@H](CC/C(=C/c3cccc(O)c3)c3ccccn3)OC[C@@H]2[C@@H]2C(=O)N(c3cccc(B(O)O)c3)C(=O)[C@@H]2C1)(c1ccccc1)c1ccccc1. The van der Waals surface area contributed by atoms with Gasteiger partial charge in [-0.2, -0.15) is 0 Å². The highest BCUT2D eigenvalue weighted by atomic mass is 28.4. The van der Waals surface area contributed by atoms with Gasteiger partial charge in [-0.1, -0.05) is 112 Å². The van der Waals surface area contributed by atoms with E-state index >= 15 is 0 Å². The molecule has 2 fully saturated rings. The van der Waals surface area contributed by atoms with Crippen LogP contribution in [0.15, 0.2) is 145 Å². The molecule has 1 aliphatic carbocycles. The second-order valence-electron chi connectivity index (χ2n) is 16.8. The van der Waals surface area contributed by atoms with Crippen molar-refractivity contribution in [2.75, 3.05) is 18.1 Å². The number of amides is 2. The smallest absolute Gasteiger partial charge is 0.488 e. The number of anilines is 1. The van der Waals surface area contributed by atoms with Gasteiger partial charge in [0.25, 0.3) is 8.32 Å². The first-order valence-corrected chi connectivity index (χ1v) is 22.2. The number of carbonyl (C=O) groups is 2. The van der Waals surface area contributed by atoms with E-state index in [4.69, 9.17) is 9.16 Å². The highest BCUT2D eigenvalue weighted by Crippen LogP contribution is 2.51. The normalized spacial score (nSPS) is 20.8. The lowest BCUT2D eigenvalue weighted by atomic mass is 9.69. The van der Waals surface area contributed by atoms with Crippen molar-refractivity contribution in [3.63, 3.8) is 0 Å². The molecule has 8 rings (SSSR count). The molecule has 1 aromatic heterocycles. The van der Waals surface area contributed by atoms with E-state index in [9.17, 15) is 24.7 Å². The van der Waals surface area contributed by atoms with Crippen LogP contribution in [0.2, 0.25) is 5.04 Å². The summed E-state index contributed by atoms with van der Waals surface area (Å²) in [6, 6.07) is 40.2. The van der Waals surface area contributed by atoms with Gasteiger partial charge in [0.1, 0.15) is 5.75 Å². The first kappa shape index (κ1) is 40.4. The molecule has 3 heterocycles. The van der Waals surface area contributed by atoms with E-state index < -0.39 is 27.3 Å². The minimum Gasteiger partial charge on any atom is -0.508 e. The number of hydrogen-bond donors (Lipinski definition) is 3. The van der Waals surface area contributed by atoms with E-state index in [1.54, 1.807) is 36.5 Å². The number of allylic oxidation sites excluding steroid dienone is 1. The van der Waals surface area contributed by atoms with Crippen molar-refractivity contribution < 1.29 is 33.9 Å². The first-order chi connectivity index (χ1) is 28.5. The number of rotatable bonds is 12. The standard InChI is InChI=1S/C48H49BN2O7Si/c1-48(2,3)59(38-18-6-4-7-19-38,39-20-8-5-9-21-39)58-30-34-28-40-45(47(54)51(46(40)53)36-16-13-15-35(29-36)49(55)56)41-31-57-43(44(34)41)24-23-33(42-22-10-11-25-50-42)26-32-14-12-17-37(52)27-32/h4-22,25-27,29,40-41,43,45,52,55-56H,23-24,28,30-31H2,1-3H3/b33-26-/t40-,41+,43-,45-/m1/s1. The van der Waals surface area contributed by atoms with Crippen molar-refractivity contribution in [3.8, 4) is 5.75 Å². The minimum absolute atomic E-state index is 0.178. The number of pyridine rings is 1. The second-order valence-corrected chi connectivity index (χ2v) is 21.1.